The summed E-state index contributed by atoms with van der Waals surface area (Å²) in [5.41, 5.74) is -0.134. The Labute approximate surface area is 196 Å². The van der Waals surface area contributed by atoms with Gasteiger partial charge in [-0.1, -0.05) is 74.0 Å². The van der Waals surface area contributed by atoms with Gasteiger partial charge >= 0.3 is 0 Å². The molecule has 3 rings (SSSR count). The van der Waals surface area contributed by atoms with Crippen molar-refractivity contribution < 1.29 is 13.2 Å². The van der Waals surface area contributed by atoms with Gasteiger partial charge in [-0.25, -0.2) is 8.42 Å². The van der Waals surface area contributed by atoms with E-state index >= 15 is 0 Å². The lowest BCUT2D eigenvalue weighted by molar-refractivity contribution is 0.0195. The predicted molar refractivity (Wildman–Crippen MR) is 126 cm³/mol. The van der Waals surface area contributed by atoms with E-state index in [0.29, 0.717) is 38.2 Å². The molecule has 31 heavy (non-hydrogen) atoms. The maximum absolute atomic E-state index is 12.9. The average Bonchev–Trinajstić information content (AvgIpc) is 3.02. The van der Waals surface area contributed by atoms with Gasteiger partial charge in [-0.3, -0.25) is 9.69 Å². The number of amides is 1. The fraction of sp³-hybridized carbons (Fsp3) is 0.682. The summed E-state index contributed by atoms with van der Waals surface area (Å²) in [5.74, 6) is -0.140. The van der Waals surface area contributed by atoms with E-state index in [1.165, 1.54) is 0 Å². The third-order valence-corrected chi connectivity index (χ3v) is 9.49. The van der Waals surface area contributed by atoms with Crippen molar-refractivity contribution in [1.82, 2.24) is 14.5 Å². The van der Waals surface area contributed by atoms with Crippen LogP contribution in [0.1, 0.15) is 62.2 Å². The molecule has 2 aliphatic rings. The largest absolute Gasteiger partial charge is 0.319 e. The smallest absolute Gasteiger partial charge is 0.253 e. The van der Waals surface area contributed by atoms with Gasteiger partial charge in [-0.15, -0.1) is 0 Å². The highest BCUT2D eigenvalue weighted by molar-refractivity contribution is 7.89. The molecule has 1 saturated carbocycles. The fourth-order valence-electron chi connectivity index (χ4n) is 4.84. The molecule has 0 spiro atoms. The zero-order valence-corrected chi connectivity index (χ0v) is 20.5. The first kappa shape index (κ1) is 24.8. The minimum atomic E-state index is -3.23. The molecule has 0 atom stereocenters. The Kier molecular flexibility index (Phi) is 8.30. The van der Waals surface area contributed by atoms with E-state index in [4.69, 9.17) is 23.2 Å². The van der Waals surface area contributed by atoms with Crippen LogP contribution in [-0.4, -0.2) is 65.5 Å². The summed E-state index contributed by atoms with van der Waals surface area (Å²) in [6, 6.07) is 8.92. The maximum atomic E-state index is 12.9. The Morgan fingerprint density at radius 1 is 1.03 bits per heavy atom. The molecule has 1 amide bonds. The molecule has 9 heteroatoms. The van der Waals surface area contributed by atoms with E-state index < -0.39 is 20.0 Å². The molecule has 1 saturated heterocycles. The number of nitrogens with one attached hydrogen (secondary N) is 1. The molecule has 0 unspecified atom stereocenters. The summed E-state index contributed by atoms with van der Waals surface area (Å²) >= 11 is 13.9. The van der Waals surface area contributed by atoms with Crippen molar-refractivity contribution >= 4 is 39.1 Å². The lowest BCUT2D eigenvalue weighted by Crippen LogP contribution is -2.68. The summed E-state index contributed by atoms with van der Waals surface area (Å²) in [7, 11) is -3.23. The number of rotatable bonds is 7. The van der Waals surface area contributed by atoms with Crippen LogP contribution in [0.4, 0.5) is 0 Å². The summed E-state index contributed by atoms with van der Waals surface area (Å²) in [6.07, 6.45) is 6.26. The van der Waals surface area contributed by atoms with Crippen LogP contribution in [0, 0.1) is 0 Å². The summed E-state index contributed by atoms with van der Waals surface area (Å²) in [6.45, 7) is 3.80. The molecule has 0 aromatic heterocycles. The van der Waals surface area contributed by atoms with Gasteiger partial charge in [0.25, 0.3) is 5.91 Å². The van der Waals surface area contributed by atoms with Gasteiger partial charge in [0.15, 0.2) is 0 Å². The second-order valence-electron chi connectivity index (χ2n) is 8.54. The molecule has 174 valence electrons. The lowest BCUT2D eigenvalue weighted by Gasteiger charge is -2.52. The molecule has 2 fully saturated rings. The lowest BCUT2D eigenvalue weighted by atomic mass is 9.86. The molecule has 1 aliphatic heterocycles. The molecule has 0 bridgehead atoms. The molecular formula is C22H33Cl2N3O3S. The highest BCUT2D eigenvalue weighted by Crippen LogP contribution is 2.46. The fourth-order valence-corrected chi connectivity index (χ4v) is 7.13. The molecule has 1 aliphatic carbocycles. The van der Waals surface area contributed by atoms with E-state index in [1.807, 2.05) is 13.0 Å². The van der Waals surface area contributed by atoms with Crippen molar-refractivity contribution in [2.45, 2.75) is 61.9 Å². The van der Waals surface area contributed by atoms with E-state index in [-0.39, 0.29) is 11.7 Å². The van der Waals surface area contributed by atoms with Crippen LogP contribution in [0.3, 0.4) is 0 Å². The van der Waals surface area contributed by atoms with E-state index in [1.54, 1.807) is 28.6 Å². The third kappa shape index (κ3) is 5.56. The van der Waals surface area contributed by atoms with Gasteiger partial charge in [0.05, 0.1) is 11.3 Å². The van der Waals surface area contributed by atoms with Crippen LogP contribution in [-0.2, 0) is 10.0 Å². The quantitative estimate of drug-likeness (QED) is 0.357. The standard InChI is InChI=1S/C22H33Cl2N3O3S/c1-2-18-31(29,30)27-16-14-26(15-17-27)21(12-8-3-4-9-13-21)22(23,24)25-20(28)19-10-6-5-7-11-19/h5-7,10-11H,2-4,8-9,12-18H2,1H3,(H,25,28). The zero-order chi connectivity index (χ0) is 22.5. The highest BCUT2D eigenvalue weighted by atomic mass is 35.5. The van der Waals surface area contributed by atoms with E-state index in [0.717, 1.165) is 38.5 Å². The number of alkyl halides is 2. The maximum Gasteiger partial charge on any atom is 0.253 e. The molecule has 0 radical (unpaired) electrons. The Morgan fingerprint density at radius 2 is 1.61 bits per heavy atom. The Morgan fingerprint density at radius 3 is 2.16 bits per heavy atom. The van der Waals surface area contributed by atoms with Crippen molar-refractivity contribution in [3.05, 3.63) is 35.9 Å². The van der Waals surface area contributed by atoms with Crippen LogP contribution < -0.4 is 5.32 Å². The zero-order valence-electron chi connectivity index (χ0n) is 18.2. The van der Waals surface area contributed by atoms with Crippen LogP contribution >= 0.6 is 23.2 Å². The van der Waals surface area contributed by atoms with Crippen LogP contribution in [0.25, 0.3) is 0 Å². The predicted octanol–water partition coefficient (Wildman–Crippen LogP) is 4.00. The summed E-state index contributed by atoms with van der Waals surface area (Å²) < 4.78 is 25.1. The van der Waals surface area contributed by atoms with Crippen molar-refractivity contribution in [1.29, 1.82) is 0 Å². The number of carbonyl (C=O) groups excluding carboxylic acids is 1. The first-order valence-corrected chi connectivity index (χ1v) is 13.6. The van der Waals surface area contributed by atoms with Crippen LogP contribution in [0.15, 0.2) is 30.3 Å². The average molecular weight is 490 g/mol. The minimum absolute atomic E-state index is 0.167. The second-order valence-corrected chi connectivity index (χ2v) is 12.0. The number of carbonyl (C=O) groups is 1. The monoisotopic (exact) mass is 489 g/mol. The molecule has 1 N–H and O–H groups in total. The van der Waals surface area contributed by atoms with Gasteiger partial charge in [0.1, 0.15) is 0 Å². The first-order valence-electron chi connectivity index (χ1n) is 11.2. The van der Waals surface area contributed by atoms with Crippen molar-refractivity contribution in [2.75, 3.05) is 31.9 Å². The van der Waals surface area contributed by atoms with E-state index in [2.05, 4.69) is 10.2 Å². The Bertz CT molecular complexity index is 833. The van der Waals surface area contributed by atoms with Gasteiger partial charge in [0.2, 0.25) is 14.5 Å². The summed E-state index contributed by atoms with van der Waals surface area (Å²) in [5, 5.41) is 2.89. The van der Waals surface area contributed by atoms with Crippen molar-refractivity contribution in [2.24, 2.45) is 0 Å². The Balaban J connectivity index is 1.82. The van der Waals surface area contributed by atoms with Crippen molar-refractivity contribution in [3.63, 3.8) is 0 Å². The topological polar surface area (TPSA) is 69.7 Å². The summed E-state index contributed by atoms with van der Waals surface area (Å²) in [4.78, 5) is 15.1. The molecular weight excluding hydrogens is 457 g/mol. The molecule has 1 heterocycles. The molecule has 1 aromatic rings. The molecule has 1 aromatic carbocycles. The van der Waals surface area contributed by atoms with Crippen LogP contribution in [0.2, 0.25) is 0 Å². The number of sulfonamides is 1. The number of hydrogen-bond acceptors (Lipinski definition) is 4. The number of piperazine rings is 1. The number of nitrogens with zero attached hydrogens (tertiary/aromatic N) is 2. The van der Waals surface area contributed by atoms with Crippen LogP contribution in [0.5, 0.6) is 0 Å². The van der Waals surface area contributed by atoms with E-state index in [9.17, 15) is 13.2 Å². The number of halogens is 2. The number of benzene rings is 1. The van der Waals surface area contributed by atoms with Gasteiger partial charge in [-0.05, 0) is 31.4 Å². The Hall–Kier alpha value is -0.860. The van der Waals surface area contributed by atoms with Gasteiger partial charge in [-0.2, -0.15) is 4.31 Å². The van der Waals surface area contributed by atoms with Crippen molar-refractivity contribution in [3.8, 4) is 0 Å². The van der Waals surface area contributed by atoms with Gasteiger partial charge in [0, 0.05) is 31.7 Å². The SMILES string of the molecule is CCCS(=O)(=O)N1CCN(C2(C(Cl)(Cl)NC(=O)c3ccccc3)CCCCCC2)CC1. The number of hydrogen-bond donors (Lipinski definition) is 1. The third-order valence-electron chi connectivity index (χ3n) is 6.52. The van der Waals surface area contributed by atoms with Gasteiger partial charge < -0.3 is 5.32 Å². The minimum Gasteiger partial charge on any atom is -0.319 e. The second kappa shape index (κ2) is 10.4. The molecule has 6 nitrogen and oxygen atoms in total. The highest BCUT2D eigenvalue weighted by Gasteiger charge is 2.54. The normalized spacial score (nSPS) is 21.4. The first-order chi connectivity index (χ1) is 14.7.